The lowest BCUT2D eigenvalue weighted by atomic mass is 9.96. The van der Waals surface area contributed by atoms with Gasteiger partial charge in [0.2, 0.25) is 17.8 Å². The molecule has 0 radical (unpaired) electrons. The number of carbonyl (C=O) groups is 2. The maximum Gasteiger partial charge on any atom is 0.229 e. The molecule has 1 fully saturated rings. The summed E-state index contributed by atoms with van der Waals surface area (Å²) in [6.07, 6.45) is 3.58. The van der Waals surface area contributed by atoms with Crippen molar-refractivity contribution >= 4 is 46.1 Å². The lowest BCUT2D eigenvalue weighted by Crippen LogP contribution is -2.45. The van der Waals surface area contributed by atoms with E-state index in [0.29, 0.717) is 23.8 Å². The van der Waals surface area contributed by atoms with Gasteiger partial charge in [0.15, 0.2) is 17.0 Å². The van der Waals surface area contributed by atoms with Crippen LogP contribution in [0.5, 0.6) is 0 Å². The molecule has 4 rings (SSSR count). The largest absolute Gasteiger partial charge is 0.343 e. The Kier molecular flexibility index (Phi) is 7.71. The van der Waals surface area contributed by atoms with Gasteiger partial charge < -0.3 is 25.0 Å². The smallest absolute Gasteiger partial charge is 0.229 e. The van der Waals surface area contributed by atoms with Crippen LogP contribution in [0.25, 0.3) is 11.2 Å². The number of nitrogens with one attached hydrogen (secondary N) is 2. The first-order valence-corrected chi connectivity index (χ1v) is 12.7. The average Bonchev–Trinajstić information content (AvgIpc) is 3.30. The molecule has 10 nitrogen and oxygen atoms in total. The van der Waals surface area contributed by atoms with Crippen LogP contribution in [0.1, 0.15) is 53.5 Å². The van der Waals surface area contributed by atoms with E-state index in [1.165, 1.54) is 6.92 Å². The molecule has 10 heteroatoms. The lowest BCUT2D eigenvalue weighted by Gasteiger charge is -2.34. The number of rotatable bonds is 8. The lowest BCUT2D eigenvalue weighted by molar-refractivity contribution is -0.135. The summed E-state index contributed by atoms with van der Waals surface area (Å²) >= 11 is 0. The van der Waals surface area contributed by atoms with Crippen LogP contribution in [0.4, 0.5) is 23.1 Å². The summed E-state index contributed by atoms with van der Waals surface area (Å²) in [6.45, 7) is 12.5. The van der Waals surface area contributed by atoms with Gasteiger partial charge in [-0.25, -0.2) is 4.98 Å². The SMILES string of the molecule is CCN(CC)C(=O)C1CCCN(c2nc(Nc3ccc(NC(C)=O)cc3)c3ncn(C(C)C)c3n2)C1. The molecule has 192 valence electrons. The van der Waals surface area contributed by atoms with Crippen LogP contribution < -0.4 is 15.5 Å². The molecule has 0 bridgehead atoms. The Morgan fingerprint density at radius 1 is 1.11 bits per heavy atom. The van der Waals surface area contributed by atoms with Gasteiger partial charge in [-0.3, -0.25) is 9.59 Å². The number of amides is 2. The minimum Gasteiger partial charge on any atom is -0.343 e. The first-order valence-electron chi connectivity index (χ1n) is 12.7. The summed E-state index contributed by atoms with van der Waals surface area (Å²) in [5.41, 5.74) is 2.99. The number of benzene rings is 1. The zero-order chi connectivity index (χ0) is 25.8. The second-order valence-corrected chi connectivity index (χ2v) is 9.47. The maximum atomic E-state index is 13.1. The monoisotopic (exact) mass is 492 g/mol. The van der Waals surface area contributed by atoms with E-state index in [2.05, 4.69) is 34.4 Å². The van der Waals surface area contributed by atoms with Gasteiger partial charge in [-0.2, -0.15) is 9.97 Å². The average molecular weight is 493 g/mol. The Hall–Kier alpha value is -3.69. The van der Waals surface area contributed by atoms with Crippen LogP contribution in [0.15, 0.2) is 30.6 Å². The van der Waals surface area contributed by atoms with E-state index in [9.17, 15) is 9.59 Å². The van der Waals surface area contributed by atoms with Crippen molar-refractivity contribution in [2.24, 2.45) is 5.92 Å². The van der Waals surface area contributed by atoms with E-state index >= 15 is 0 Å². The van der Waals surface area contributed by atoms with Gasteiger partial charge in [0.1, 0.15) is 0 Å². The molecule has 2 amide bonds. The van der Waals surface area contributed by atoms with Gasteiger partial charge in [0.25, 0.3) is 0 Å². The van der Waals surface area contributed by atoms with Crippen LogP contribution >= 0.6 is 0 Å². The quantitative estimate of drug-likeness (QED) is 0.485. The summed E-state index contributed by atoms with van der Waals surface area (Å²) in [6, 6.07) is 7.63. The highest BCUT2D eigenvalue weighted by Crippen LogP contribution is 2.30. The molecule has 1 aromatic carbocycles. The number of aromatic nitrogens is 4. The van der Waals surface area contributed by atoms with Crippen molar-refractivity contribution in [1.29, 1.82) is 0 Å². The van der Waals surface area contributed by atoms with Crippen molar-refractivity contribution in [2.45, 2.75) is 53.5 Å². The first kappa shape index (κ1) is 25.4. The van der Waals surface area contributed by atoms with E-state index in [0.717, 1.165) is 49.5 Å². The van der Waals surface area contributed by atoms with Crippen LogP contribution in [-0.2, 0) is 9.59 Å². The zero-order valence-corrected chi connectivity index (χ0v) is 21.8. The standard InChI is InChI=1S/C26H36N8O2/c1-6-32(7-2)25(36)19-9-8-14-33(15-19)26-30-23(22-24(31-26)34(16-27-22)17(3)4)29-21-12-10-20(11-13-21)28-18(5)35/h10-13,16-17,19H,6-9,14-15H2,1-5H3,(H,28,35)(H,29,30,31). The molecule has 3 aromatic rings. The van der Waals surface area contributed by atoms with Crippen molar-refractivity contribution in [3.8, 4) is 0 Å². The minimum atomic E-state index is -0.114. The molecule has 36 heavy (non-hydrogen) atoms. The summed E-state index contributed by atoms with van der Waals surface area (Å²) in [4.78, 5) is 42.8. The van der Waals surface area contributed by atoms with Crippen molar-refractivity contribution in [2.75, 3.05) is 41.7 Å². The van der Waals surface area contributed by atoms with Gasteiger partial charge in [-0.05, 0) is 64.8 Å². The third kappa shape index (κ3) is 5.42. The molecule has 2 N–H and O–H groups in total. The highest BCUT2D eigenvalue weighted by Gasteiger charge is 2.30. The topological polar surface area (TPSA) is 108 Å². The van der Waals surface area contributed by atoms with E-state index in [4.69, 9.17) is 9.97 Å². The molecule has 0 saturated carbocycles. The molecule has 0 spiro atoms. The third-order valence-electron chi connectivity index (χ3n) is 6.56. The number of hydrogen-bond donors (Lipinski definition) is 2. The van der Waals surface area contributed by atoms with Crippen LogP contribution in [-0.4, -0.2) is 62.4 Å². The number of piperidine rings is 1. The predicted molar refractivity (Wildman–Crippen MR) is 143 cm³/mol. The molecular formula is C26H36N8O2. The van der Waals surface area contributed by atoms with Crippen molar-refractivity contribution < 1.29 is 9.59 Å². The predicted octanol–water partition coefficient (Wildman–Crippen LogP) is 4.19. The number of hydrogen-bond acceptors (Lipinski definition) is 7. The molecular weight excluding hydrogens is 456 g/mol. The van der Waals surface area contributed by atoms with Gasteiger partial charge in [-0.1, -0.05) is 0 Å². The number of carbonyl (C=O) groups excluding carboxylic acids is 2. The van der Waals surface area contributed by atoms with Crippen LogP contribution in [0, 0.1) is 5.92 Å². The minimum absolute atomic E-state index is 0.0642. The maximum absolute atomic E-state index is 13.1. The third-order valence-corrected chi connectivity index (χ3v) is 6.56. The molecule has 0 aliphatic carbocycles. The highest BCUT2D eigenvalue weighted by atomic mass is 16.2. The Morgan fingerprint density at radius 3 is 2.44 bits per heavy atom. The number of nitrogens with zero attached hydrogens (tertiary/aromatic N) is 6. The second-order valence-electron chi connectivity index (χ2n) is 9.47. The normalized spacial score (nSPS) is 15.8. The fourth-order valence-electron chi connectivity index (χ4n) is 4.64. The number of fused-ring (bicyclic) bond motifs is 1. The summed E-state index contributed by atoms with van der Waals surface area (Å²) in [7, 11) is 0. The Bertz CT molecular complexity index is 1220. The number of imidazole rings is 1. The summed E-state index contributed by atoms with van der Waals surface area (Å²) in [5, 5.41) is 6.17. The fraction of sp³-hybridized carbons (Fsp3) is 0.500. The Balaban J connectivity index is 1.66. The van der Waals surface area contributed by atoms with E-state index < -0.39 is 0 Å². The molecule has 1 aliphatic heterocycles. The van der Waals surface area contributed by atoms with Gasteiger partial charge in [0.05, 0.1) is 12.2 Å². The van der Waals surface area contributed by atoms with Gasteiger partial charge in [0, 0.05) is 50.5 Å². The molecule has 1 aliphatic rings. The van der Waals surface area contributed by atoms with Crippen molar-refractivity contribution in [3.05, 3.63) is 30.6 Å². The van der Waals surface area contributed by atoms with Gasteiger partial charge >= 0.3 is 0 Å². The Morgan fingerprint density at radius 2 is 1.81 bits per heavy atom. The summed E-state index contributed by atoms with van der Waals surface area (Å²) in [5.74, 6) is 1.23. The fourth-order valence-corrected chi connectivity index (χ4v) is 4.64. The molecule has 1 saturated heterocycles. The van der Waals surface area contributed by atoms with E-state index in [-0.39, 0.29) is 23.8 Å². The van der Waals surface area contributed by atoms with E-state index in [1.54, 1.807) is 6.33 Å². The molecule has 1 unspecified atom stereocenters. The Labute approximate surface area is 212 Å². The summed E-state index contributed by atoms with van der Waals surface area (Å²) < 4.78 is 2.04. The van der Waals surface area contributed by atoms with E-state index in [1.807, 2.05) is 47.6 Å². The van der Waals surface area contributed by atoms with Crippen LogP contribution in [0.2, 0.25) is 0 Å². The molecule has 2 aromatic heterocycles. The van der Waals surface area contributed by atoms with Crippen molar-refractivity contribution in [3.63, 3.8) is 0 Å². The molecule has 3 heterocycles. The zero-order valence-electron chi connectivity index (χ0n) is 21.8. The first-order chi connectivity index (χ1) is 17.3. The highest BCUT2D eigenvalue weighted by molar-refractivity contribution is 5.90. The number of anilines is 4. The van der Waals surface area contributed by atoms with Crippen LogP contribution in [0.3, 0.4) is 0 Å². The van der Waals surface area contributed by atoms with Gasteiger partial charge in [-0.15, -0.1) is 0 Å². The van der Waals surface area contributed by atoms with Crippen molar-refractivity contribution in [1.82, 2.24) is 24.4 Å². The molecule has 1 atom stereocenters. The second kappa shape index (κ2) is 10.9.